The Morgan fingerprint density at radius 1 is 1.22 bits per heavy atom. The zero-order chi connectivity index (χ0) is 19.2. The van der Waals surface area contributed by atoms with Crippen molar-refractivity contribution in [2.45, 2.75) is 13.5 Å². The minimum Gasteiger partial charge on any atom is -0.478 e. The second-order valence-corrected chi connectivity index (χ2v) is 5.47. The lowest BCUT2D eigenvalue weighted by molar-refractivity contribution is 0.101. The number of hydrogen-bond donors (Lipinski definition) is 1. The average Bonchev–Trinajstić information content (AvgIpc) is 2.64. The molecule has 138 valence electrons. The molecular weight excluding hydrogens is 353 g/mol. The Labute approximate surface area is 153 Å². The van der Waals surface area contributed by atoms with Gasteiger partial charge >= 0.3 is 0 Å². The van der Waals surface area contributed by atoms with Crippen molar-refractivity contribution in [3.05, 3.63) is 76.2 Å². The van der Waals surface area contributed by atoms with Gasteiger partial charge < -0.3 is 10.1 Å². The Bertz CT molecular complexity index is 1020. The van der Waals surface area contributed by atoms with Crippen molar-refractivity contribution in [3.63, 3.8) is 0 Å². The van der Waals surface area contributed by atoms with E-state index in [9.17, 15) is 14.0 Å². The fourth-order valence-electron chi connectivity index (χ4n) is 2.31. The summed E-state index contributed by atoms with van der Waals surface area (Å²) in [6, 6.07) is 9.83. The van der Waals surface area contributed by atoms with Crippen LogP contribution in [0.3, 0.4) is 0 Å². The van der Waals surface area contributed by atoms with Gasteiger partial charge in [0.2, 0.25) is 5.88 Å². The molecule has 0 bridgehead atoms. The summed E-state index contributed by atoms with van der Waals surface area (Å²) in [5.74, 6) is -0.401. The molecule has 0 fully saturated rings. The van der Waals surface area contributed by atoms with E-state index in [1.807, 2.05) is 6.92 Å². The molecule has 0 spiro atoms. The van der Waals surface area contributed by atoms with E-state index in [0.717, 1.165) is 4.68 Å². The fourth-order valence-corrected chi connectivity index (χ4v) is 2.31. The molecule has 9 heteroatoms. The number of nitrogens with one attached hydrogen (secondary N) is 1. The molecule has 0 aliphatic carbocycles. The van der Waals surface area contributed by atoms with Crippen LogP contribution in [0.4, 0.5) is 10.2 Å². The quantitative estimate of drug-likeness (QED) is 0.712. The van der Waals surface area contributed by atoms with E-state index in [-0.39, 0.29) is 18.1 Å². The van der Waals surface area contributed by atoms with Crippen LogP contribution in [0.15, 0.2) is 53.6 Å². The first-order valence-electron chi connectivity index (χ1n) is 8.14. The lowest BCUT2D eigenvalue weighted by Crippen LogP contribution is -2.26. The summed E-state index contributed by atoms with van der Waals surface area (Å²) in [5.41, 5.74) is 0.165. The van der Waals surface area contributed by atoms with Gasteiger partial charge in [-0.15, -0.1) is 0 Å². The van der Waals surface area contributed by atoms with Crippen LogP contribution in [-0.2, 0) is 6.54 Å². The Balaban J connectivity index is 1.79. The number of halogens is 1. The van der Waals surface area contributed by atoms with Gasteiger partial charge in [-0.2, -0.15) is 5.10 Å². The van der Waals surface area contributed by atoms with E-state index >= 15 is 0 Å². The molecule has 3 rings (SSSR count). The predicted molar refractivity (Wildman–Crippen MR) is 95.2 cm³/mol. The minimum absolute atomic E-state index is 0.0163. The van der Waals surface area contributed by atoms with Crippen LogP contribution < -0.4 is 15.6 Å². The summed E-state index contributed by atoms with van der Waals surface area (Å²) in [4.78, 5) is 32.3. The highest BCUT2D eigenvalue weighted by atomic mass is 19.1. The molecule has 2 aromatic heterocycles. The van der Waals surface area contributed by atoms with Crippen LogP contribution in [-0.4, -0.2) is 32.3 Å². The lowest BCUT2D eigenvalue weighted by atomic mass is 10.2. The summed E-state index contributed by atoms with van der Waals surface area (Å²) >= 11 is 0. The van der Waals surface area contributed by atoms with Crippen molar-refractivity contribution < 1.29 is 13.9 Å². The van der Waals surface area contributed by atoms with Gasteiger partial charge in [0, 0.05) is 12.1 Å². The van der Waals surface area contributed by atoms with Gasteiger partial charge in [0.15, 0.2) is 0 Å². The van der Waals surface area contributed by atoms with Crippen LogP contribution in [0, 0.1) is 5.82 Å². The third-order valence-corrected chi connectivity index (χ3v) is 3.50. The molecule has 0 saturated carbocycles. The maximum Gasteiger partial charge on any atom is 0.277 e. The van der Waals surface area contributed by atoms with Crippen molar-refractivity contribution >= 4 is 11.7 Å². The van der Waals surface area contributed by atoms with Crippen LogP contribution in [0.25, 0.3) is 0 Å². The number of aromatic nitrogens is 4. The summed E-state index contributed by atoms with van der Waals surface area (Å²) < 4.78 is 19.7. The number of anilines is 1. The van der Waals surface area contributed by atoms with Gasteiger partial charge in [-0.1, -0.05) is 12.1 Å². The zero-order valence-corrected chi connectivity index (χ0v) is 14.4. The zero-order valence-electron chi connectivity index (χ0n) is 14.4. The second kappa shape index (κ2) is 8.17. The van der Waals surface area contributed by atoms with Crippen molar-refractivity contribution in [1.29, 1.82) is 0 Å². The fraction of sp³-hybridized carbons (Fsp3) is 0.167. The molecule has 0 aliphatic rings. The number of amides is 1. The average molecular weight is 369 g/mol. The molecule has 1 aromatic carbocycles. The van der Waals surface area contributed by atoms with Crippen LogP contribution in [0.1, 0.15) is 23.0 Å². The van der Waals surface area contributed by atoms with Gasteiger partial charge in [-0.25, -0.2) is 19.0 Å². The number of ether oxygens (including phenoxy) is 1. The van der Waals surface area contributed by atoms with Crippen molar-refractivity contribution in [3.8, 4) is 5.88 Å². The highest BCUT2D eigenvalue weighted by molar-refractivity contribution is 6.02. The molecule has 0 saturated heterocycles. The molecule has 3 aromatic rings. The van der Waals surface area contributed by atoms with Gasteiger partial charge in [-0.3, -0.25) is 9.59 Å². The van der Waals surface area contributed by atoms with Crippen molar-refractivity contribution in [1.82, 2.24) is 19.7 Å². The molecule has 0 aliphatic heterocycles. The number of carbonyl (C=O) groups is 1. The Morgan fingerprint density at radius 3 is 2.85 bits per heavy atom. The van der Waals surface area contributed by atoms with Crippen molar-refractivity contribution in [2.75, 3.05) is 11.9 Å². The van der Waals surface area contributed by atoms with Gasteiger partial charge in [-0.05, 0) is 30.7 Å². The Hall–Kier alpha value is -3.62. The molecule has 0 radical (unpaired) electrons. The maximum absolute atomic E-state index is 13.3. The molecule has 1 N–H and O–H groups in total. The Morgan fingerprint density at radius 2 is 2.07 bits per heavy atom. The van der Waals surface area contributed by atoms with E-state index in [1.54, 1.807) is 6.07 Å². The molecule has 1 amide bonds. The number of hydrogen-bond acceptors (Lipinski definition) is 6. The standard InChI is InChI=1S/C18H16FN5O3/c1-2-27-16-9-15(20-11-21-16)22-18(26)14-6-7-17(25)24(23-14)10-12-4-3-5-13(19)8-12/h3-9,11H,2,10H2,1H3,(H,20,21,22,26). The molecule has 27 heavy (non-hydrogen) atoms. The first kappa shape index (κ1) is 18.2. The second-order valence-electron chi connectivity index (χ2n) is 5.47. The van der Waals surface area contributed by atoms with E-state index in [1.165, 1.54) is 42.7 Å². The first-order chi connectivity index (χ1) is 13.0. The summed E-state index contributed by atoms with van der Waals surface area (Å²) in [6.45, 7) is 2.28. The smallest absolute Gasteiger partial charge is 0.277 e. The van der Waals surface area contributed by atoms with Crippen LogP contribution >= 0.6 is 0 Å². The Kier molecular flexibility index (Phi) is 5.50. The lowest BCUT2D eigenvalue weighted by Gasteiger charge is -2.08. The van der Waals surface area contributed by atoms with Crippen LogP contribution in [0.2, 0.25) is 0 Å². The topological polar surface area (TPSA) is 99.0 Å². The SMILES string of the molecule is CCOc1cc(NC(=O)c2ccc(=O)n(Cc3cccc(F)c3)n2)ncn1. The number of benzene rings is 1. The highest BCUT2D eigenvalue weighted by Gasteiger charge is 2.12. The first-order valence-corrected chi connectivity index (χ1v) is 8.14. The monoisotopic (exact) mass is 369 g/mol. The highest BCUT2D eigenvalue weighted by Crippen LogP contribution is 2.11. The largest absolute Gasteiger partial charge is 0.478 e. The maximum atomic E-state index is 13.3. The summed E-state index contributed by atoms with van der Waals surface area (Å²) in [6.07, 6.45) is 1.26. The molecular formula is C18H16FN5O3. The van der Waals surface area contributed by atoms with E-state index in [2.05, 4.69) is 20.4 Å². The molecule has 2 heterocycles. The van der Waals surface area contributed by atoms with Gasteiger partial charge in [0.1, 0.15) is 23.7 Å². The van der Waals surface area contributed by atoms with E-state index in [4.69, 9.17) is 4.74 Å². The number of rotatable bonds is 6. The molecule has 0 atom stereocenters. The summed E-state index contributed by atoms with van der Waals surface area (Å²) in [7, 11) is 0. The van der Waals surface area contributed by atoms with Crippen molar-refractivity contribution in [2.24, 2.45) is 0 Å². The van der Waals surface area contributed by atoms with Crippen LogP contribution in [0.5, 0.6) is 5.88 Å². The van der Waals surface area contributed by atoms with Gasteiger partial charge in [0.25, 0.3) is 11.5 Å². The third-order valence-electron chi connectivity index (χ3n) is 3.50. The normalized spacial score (nSPS) is 10.4. The minimum atomic E-state index is -0.552. The van der Waals surface area contributed by atoms with E-state index < -0.39 is 17.3 Å². The number of carbonyl (C=O) groups excluding carboxylic acids is 1. The molecule has 8 nitrogen and oxygen atoms in total. The predicted octanol–water partition coefficient (Wildman–Crippen LogP) is 1.87. The number of nitrogens with zero attached hydrogens (tertiary/aromatic N) is 4. The van der Waals surface area contributed by atoms with E-state index in [0.29, 0.717) is 18.1 Å². The van der Waals surface area contributed by atoms with Gasteiger partial charge in [0.05, 0.1) is 13.2 Å². The summed E-state index contributed by atoms with van der Waals surface area (Å²) in [5, 5.41) is 6.62. The third kappa shape index (κ3) is 4.72. The molecule has 0 unspecified atom stereocenters.